The normalized spacial score (nSPS) is 6.50. The zero-order valence-corrected chi connectivity index (χ0v) is 21.4. The van der Waals surface area contributed by atoms with Crippen molar-refractivity contribution in [1.82, 2.24) is 0 Å². The molecule has 1 radical (unpaired) electrons. The number of methoxy groups -OCH3 is 2. The molecule has 0 atom stereocenters. The Morgan fingerprint density at radius 2 is 0.875 bits per heavy atom. The van der Waals surface area contributed by atoms with E-state index in [9.17, 15) is 0 Å². The van der Waals surface area contributed by atoms with Gasteiger partial charge in [-0.15, -0.1) is 0 Å². The predicted molar refractivity (Wildman–Crippen MR) is 105 cm³/mol. The van der Waals surface area contributed by atoms with E-state index in [4.69, 9.17) is 18.9 Å². The van der Waals surface area contributed by atoms with Gasteiger partial charge in [-0.1, -0.05) is 50.3 Å². The smallest absolute Gasteiger partial charge is 0.411 e. The fraction of sp³-hybridized carbons (Fsp3) is 0.833. The Morgan fingerprint density at radius 1 is 0.625 bits per heavy atom. The summed E-state index contributed by atoms with van der Waals surface area (Å²) in [5.74, 6) is 0. The van der Waals surface area contributed by atoms with Gasteiger partial charge in [0.05, 0.1) is 26.4 Å². The molecule has 0 N–H and O–H groups in total. The van der Waals surface area contributed by atoms with Crippen LogP contribution in [-0.4, -0.2) is 53.9 Å². The van der Waals surface area contributed by atoms with E-state index in [-0.39, 0.29) is 135 Å². The van der Waals surface area contributed by atoms with Crippen LogP contribution in [0.2, 0.25) is 0 Å². The third kappa shape index (κ3) is 85.9. The van der Waals surface area contributed by atoms with Crippen molar-refractivity contribution >= 4 is 0 Å². The molecule has 0 aromatic carbocycles. The van der Waals surface area contributed by atoms with Crippen LogP contribution in [0.5, 0.6) is 0 Å². The summed E-state index contributed by atoms with van der Waals surface area (Å²) in [6.07, 6.45) is 3.94. The standard InChI is InChI=1S/2C6H13O2.5CH4.CH3.Rb.Y/c2*1-3-4-8-6-5-7-2;;;;;;;;/h2*3H,4-6H2,1-2H3;5*1H4;1H3;;/q2*-1;;;;;;-1;+1;. The molecule has 0 amide bonds. The zero-order chi connectivity index (χ0) is 12.5. The molecule has 0 spiro atoms. The molecule has 0 aromatic heterocycles. The molecular weight excluding hydrogens is 455 g/mol. The molecule has 0 unspecified atom stereocenters. The molecule has 0 aromatic rings. The van der Waals surface area contributed by atoms with Gasteiger partial charge in [0.25, 0.3) is 0 Å². The van der Waals surface area contributed by atoms with Crippen molar-refractivity contribution in [2.75, 3.05) is 53.9 Å². The van der Waals surface area contributed by atoms with Crippen LogP contribution in [0.3, 0.4) is 0 Å². The van der Waals surface area contributed by atoms with Crippen LogP contribution in [0.25, 0.3) is 0 Å². The van der Waals surface area contributed by atoms with Gasteiger partial charge in [0.2, 0.25) is 0 Å². The fourth-order valence-electron chi connectivity index (χ4n) is 0.687. The molecule has 0 rings (SSSR count). The quantitative estimate of drug-likeness (QED) is 0.339. The molecule has 0 aliphatic rings. The van der Waals surface area contributed by atoms with Gasteiger partial charge >= 0.3 is 58.2 Å². The number of hydrogen-bond donors (Lipinski definition) is 0. The van der Waals surface area contributed by atoms with Gasteiger partial charge in [-0.2, -0.15) is 13.8 Å². The molecule has 0 aliphatic carbocycles. The van der Waals surface area contributed by atoms with E-state index in [1.54, 1.807) is 14.2 Å². The summed E-state index contributed by atoms with van der Waals surface area (Å²) in [5.41, 5.74) is 0. The number of rotatable bonds is 10. The fourth-order valence-corrected chi connectivity index (χ4v) is 0.687. The summed E-state index contributed by atoms with van der Waals surface area (Å²) in [5, 5.41) is 0. The minimum Gasteiger partial charge on any atom is -0.411 e. The van der Waals surface area contributed by atoms with Crippen LogP contribution in [0.15, 0.2) is 0 Å². The van der Waals surface area contributed by atoms with Crippen molar-refractivity contribution in [1.29, 1.82) is 0 Å². The van der Waals surface area contributed by atoms with Gasteiger partial charge in [-0.25, -0.2) is 0 Å². The van der Waals surface area contributed by atoms with Crippen molar-refractivity contribution in [2.45, 2.75) is 51.0 Å². The molecule has 0 bridgehead atoms. The van der Waals surface area contributed by atoms with Gasteiger partial charge in [-0.05, 0) is 0 Å². The minimum absolute atomic E-state index is 0. The Balaban J connectivity index is -0.0000000153. The molecule has 0 fully saturated rings. The Morgan fingerprint density at radius 3 is 1.04 bits per heavy atom. The van der Waals surface area contributed by atoms with Crippen LogP contribution in [0.4, 0.5) is 0 Å². The van der Waals surface area contributed by atoms with Crippen molar-refractivity contribution in [3.05, 3.63) is 20.3 Å². The molecule has 0 saturated carbocycles. The molecule has 0 heterocycles. The second-order valence-electron chi connectivity index (χ2n) is 2.95. The summed E-state index contributed by atoms with van der Waals surface area (Å²) >= 11 is 0. The van der Waals surface area contributed by atoms with Crippen LogP contribution in [-0.2, 0) is 51.7 Å². The van der Waals surface area contributed by atoms with E-state index in [1.807, 2.05) is 26.7 Å². The first-order valence-corrected chi connectivity index (χ1v) is 5.52. The third-order valence-electron chi connectivity index (χ3n) is 1.43. The predicted octanol–water partition coefficient (Wildman–Crippen LogP) is 2.38. The first-order chi connectivity index (χ1) is 7.83. The summed E-state index contributed by atoms with van der Waals surface area (Å²) in [7, 11) is 3.33. The van der Waals surface area contributed by atoms with Crippen LogP contribution in [0, 0.1) is 20.3 Å². The molecule has 4 nitrogen and oxygen atoms in total. The van der Waals surface area contributed by atoms with Gasteiger partial charge in [0, 0.05) is 46.9 Å². The largest absolute Gasteiger partial charge is 1.00 e. The first-order valence-electron chi connectivity index (χ1n) is 5.52. The Kier molecular flexibility index (Phi) is 191. The summed E-state index contributed by atoms with van der Waals surface area (Å²) < 4.78 is 19.6. The average Bonchev–Trinajstić information content (AvgIpc) is 2.31. The number of ether oxygens (including phenoxy) is 4. The van der Waals surface area contributed by atoms with E-state index in [2.05, 4.69) is 0 Å². The molecule has 0 saturated heterocycles. The van der Waals surface area contributed by atoms with Gasteiger partial charge in [0.1, 0.15) is 0 Å². The Hall–Kier alpha value is 2.75. The minimum atomic E-state index is 0. The third-order valence-corrected chi connectivity index (χ3v) is 1.43. The molecular formula is C18H49O4RbY-2. The average molecular weight is 504 g/mol. The van der Waals surface area contributed by atoms with Crippen LogP contribution in [0.1, 0.15) is 51.0 Å². The summed E-state index contributed by atoms with van der Waals surface area (Å²) in [4.78, 5) is 0. The Labute approximate surface area is 231 Å². The SMILES string of the molecule is C.C.C.C.C.C[CH-]COCCOC.C[CH-]COCCOC.[CH3-].[Rb+].[Y]. The van der Waals surface area contributed by atoms with Gasteiger partial charge in [-0.3, -0.25) is 0 Å². The maximum absolute atomic E-state index is 5.04. The van der Waals surface area contributed by atoms with Crippen LogP contribution >= 0.6 is 0 Å². The second kappa shape index (κ2) is 72.5. The monoisotopic (exact) mass is 503 g/mol. The first kappa shape index (κ1) is 63.2. The molecule has 0 aliphatic heterocycles. The van der Waals surface area contributed by atoms with E-state index in [0.717, 1.165) is 13.2 Å². The summed E-state index contributed by atoms with van der Waals surface area (Å²) in [6, 6.07) is 0. The van der Waals surface area contributed by atoms with Crippen molar-refractivity contribution in [2.24, 2.45) is 0 Å². The van der Waals surface area contributed by atoms with Gasteiger partial charge in [0.15, 0.2) is 0 Å². The van der Waals surface area contributed by atoms with E-state index in [1.165, 1.54) is 0 Å². The van der Waals surface area contributed by atoms with Crippen molar-refractivity contribution in [3.8, 4) is 0 Å². The van der Waals surface area contributed by atoms with E-state index in [0.29, 0.717) is 26.4 Å². The van der Waals surface area contributed by atoms with Gasteiger partial charge < -0.3 is 39.2 Å². The molecule has 151 valence electrons. The van der Waals surface area contributed by atoms with Crippen LogP contribution < -0.4 is 58.2 Å². The van der Waals surface area contributed by atoms with E-state index < -0.39 is 0 Å². The Bertz CT molecular complexity index is 89.0. The molecule has 6 heteroatoms. The maximum Gasteiger partial charge on any atom is 1.00 e. The van der Waals surface area contributed by atoms with E-state index >= 15 is 0 Å². The maximum atomic E-state index is 5.04. The van der Waals surface area contributed by atoms with Crippen molar-refractivity contribution < 1.29 is 110 Å². The van der Waals surface area contributed by atoms with Crippen molar-refractivity contribution in [3.63, 3.8) is 0 Å². The topological polar surface area (TPSA) is 36.9 Å². The summed E-state index contributed by atoms with van der Waals surface area (Å²) in [6.45, 7) is 8.15. The molecule has 24 heavy (non-hydrogen) atoms. The number of hydrogen-bond acceptors (Lipinski definition) is 4. The second-order valence-corrected chi connectivity index (χ2v) is 2.95. The zero-order valence-electron chi connectivity index (χ0n) is 13.6.